The first-order valence-corrected chi connectivity index (χ1v) is 19.8. The standard InChI is InChI=1S/C16H34NO2PSi3/c1-21(2,3)17-16(15-13-11-10-12-14-15)20(18-22(4,5)6)19-23(7,8)9/h10-14,16-17H,1-9H3. The van der Waals surface area contributed by atoms with Gasteiger partial charge < -0.3 is 13.4 Å². The molecule has 3 nitrogen and oxygen atoms in total. The first-order valence-electron chi connectivity index (χ1n) is 8.27. The van der Waals surface area contributed by atoms with Crippen molar-refractivity contribution >= 4 is 33.2 Å². The van der Waals surface area contributed by atoms with Crippen molar-refractivity contribution in [1.82, 2.24) is 4.98 Å². The van der Waals surface area contributed by atoms with Gasteiger partial charge in [0.15, 0.2) is 25.0 Å². The molecule has 1 rings (SSSR count). The molecule has 1 aromatic carbocycles. The molecule has 0 bridgehead atoms. The van der Waals surface area contributed by atoms with Gasteiger partial charge in [-0.2, -0.15) is 0 Å². The average Bonchev–Trinajstić information content (AvgIpc) is 2.31. The van der Waals surface area contributed by atoms with Crippen molar-refractivity contribution in [2.24, 2.45) is 0 Å². The maximum absolute atomic E-state index is 6.55. The third kappa shape index (κ3) is 9.29. The van der Waals surface area contributed by atoms with Crippen LogP contribution in [0.2, 0.25) is 58.9 Å². The zero-order valence-corrected chi connectivity index (χ0v) is 20.1. The summed E-state index contributed by atoms with van der Waals surface area (Å²) in [7, 11) is -5.85. The molecule has 1 atom stereocenters. The Morgan fingerprint density at radius 3 is 1.57 bits per heavy atom. The molecule has 0 amide bonds. The lowest BCUT2D eigenvalue weighted by molar-refractivity contribution is 0.468. The molecule has 0 aliphatic heterocycles. The molecule has 0 saturated carbocycles. The van der Waals surface area contributed by atoms with Crippen LogP contribution in [-0.2, 0) is 8.43 Å². The van der Waals surface area contributed by atoms with Crippen molar-refractivity contribution in [3.63, 3.8) is 0 Å². The molecule has 1 aromatic rings. The molecule has 1 N–H and O–H groups in total. The van der Waals surface area contributed by atoms with E-state index in [2.05, 4.69) is 94.2 Å². The molecule has 132 valence electrons. The fraction of sp³-hybridized carbons (Fsp3) is 0.625. The quantitative estimate of drug-likeness (QED) is 0.430. The van der Waals surface area contributed by atoms with Crippen LogP contribution in [0.25, 0.3) is 0 Å². The highest BCUT2D eigenvalue weighted by molar-refractivity contribution is 7.51. The van der Waals surface area contributed by atoms with Gasteiger partial charge in [0.2, 0.25) is 0 Å². The highest BCUT2D eigenvalue weighted by Gasteiger charge is 2.36. The van der Waals surface area contributed by atoms with Gasteiger partial charge in [-0.3, -0.25) is 0 Å². The number of rotatable bonds is 8. The van der Waals surface area contributed by atoms with Gasteiger partial charge in [0.1, 0.15) is 8.24 Å². The third-order valence-corrected chi connectivity index (χ3v) is 10.7. The largest absolute Gasteiger partial charge is 0.375 e. The van der Waals surface area contributed by atoms with Gasteiger partial charge >= 0.3 is 0 Å². The van der Waals surface area contributed by atoms with Gasteiger partial charge in [0.25, 0.3) is 0 Å². The van der Waals surface area contributed by atoms with E-state index in [-0.39, 0.29) is 5.78 Å². The Morgan fingerprint density at radius 1 is 0.783 bits per heavy atom. The highest BCUT2D eigenvalue weighted by Crippen LogP contribution is 2.55. The number of hydrogen-bond donors (Lipinski definition) is 1. The minimum absolute atomic E-state index is 0.149. The molecule has 23 heavy (non-hydrogen) atoms. The second-order valence-electron chi connectivity index (χ2n) is 8.90. The predicted octanol–water partition coefficient (Wildman–Crippen LogP) is 6.12. The summed E-state index contributed by atoms with van der Waals surface area (Å²) in [5.74, 6) is 0.149. The van der Waals surface area contributed by atoms with Gasteiger partial charge in [-0.1, -0.05) is 50.0 Å². The smallest absolute Gasteiger partial charge is 0.191 e. The molecule has 0 radical (unpaired) electrons. The van der Waals surface area contributed by atoms with Crippen LogP contribution >= 0.6 is 8.38 Å². The summed E-state index contributed by atoms with van der Waals surface area (Å²) >= 11 is 0. The van der Waals surface area contributed by atoms with E-state index >= 15 is 0 Å². The molecule has 0 aliphatic carbocycles. The summed E-state index contributed by atoms with van der Waals surface area (Å²) < 4.78 is 13.1. The summed E-state index contributed by atoms with van der Waals surface area (Å²) in [4.78, 5) is 3.88. The Balaban J connectivity index is 3.19. The van der Waals surface area contributed by atoms with Crippen molar-refractivity contribution in [2.75, 3.05) is 0 Å². The van der Waals surface area contributed by atoms with Gasteiger partial charge in [-0.15, -0.1) is 0 Å². The summed E-state index contributed by atoms with van der Waals surface area (Å²) in [5, 5.41) is 0. The Labute approximate surface area is 147 Å². The lowest BCUT2D eigenvalue weighted by Gasteiger charge is -2.38. The molecule has 0 fully saturated rings. The summed E-state index contributed by atoms with van der Waals surface area (Å²) in [5.41, 5.74) is 1.28. The maximum atomic E-state index is 6.55. The first kappa shape index (κ1) is 21.2. The Hall–Kier alpha value is 0.181. The van der Waals surface area contributed by atoms with Crippen molar-refractivity contribution in [1.29, 1.82) is 0 Å². The molecule has 0 heterocycles. The summed E-state index contributed by atoms with van der Waals surface area (Å²) in [6.45, 7) is 20.5. The lowest BCUT2D eigenvalue weighted by Crippen LogP contribution is -2.44. The van der Waals surface area contributed by atoms with E-state index in [1.165, 1.54) is 5.56 Å². The van der Waals surface area contributed by atoms with Crippen molar-refractivity contribution in [3.05, 3.63) is 35.9 Å². The molecule has 0 saturated heterocycles. The zero-order valence-electron chi connectivity index (χ0n) is 16.2. The Kier molecular flexibility index (Phi) is 7.42. The van der Waals surface area contributed by atoms with Crippen molar-refractivity contribution in [2.45, 2.75) is 64.7 Å². The van der Waals surface area contributed by atoms with Crippen LogP contribution in [0.5, 0.6) is 0 Å². The van der Waals surface area contributed by atoms with E-state index in [0.29, 0.717) is 0 Å². The van der Waals surface area contributed by atoms with Crippen LogP contribution in [0.15, 0.2) is 30.3 Å². The Bertz CT molecular complexity index is 465. The van der Waals surface area contributed by atoms with Crippen molar-refractivity contribution < 1.29 is 8.43 Å². The van der Waals surface area contributed by atoms with Crippen LogP contribution in [0.1, 0.15) is 11.3 Å². The topological polar surface area (TPSA) is 30.5 Å². The second kappa shape index (κ2) is 8.04. The fourth-order valence-electron chi connectivity index (χ4n) is 1.97. The first-order chi connectivity index (χ1) is 10.3. The van der Waals surface area contributed by atoms with Gasteiger partial charge in [0, 0.05) is 0 Å². The predicted molar refractivity (Wildman–Crippen MR) is 111 cm³/mol. The monoisotopic (exact) mass is 387 g/mol. The SMILES string of the molecule is C[Si](C)(C)NC(c1ccccc1)P(O[Si](C)(C)C)O[Si](C)(C)C. The third-order valence-electron chi connectivity index (χ3n) is 2.62. The molecular weight excluding hydrogens is 353 g/mol. The highest BCUT2D eigenvalue weighted by atomic mass is 31.2. The Morgan fingerprint density at radius 2 is 1.22 bits per heavy atom. The molecular formula is C16H34NO2PSi3. The maximum Gasteiger partial charge on any atom is 0.191 e. The van der Waals surface area contributed by atoms with E-state index < -0.39 is 33.2 Å². The van der Waals surface area contributed by atoms with Crippen LogP contribution in [0.4, 0.5) is 0 Å². The van der Waals surface area contributed by atoms with Crippen LogP contribution < -0.4 is 4.98 Å². The van der Waals surface area contributed by atoms with Crippen molar-refractivity contribution in [3.8, 4) is 0 Å². The zero-order chi connectivity index (χ0) is 17.9. The van der Waals surface area contributed by atoms with E-state index in [4.69, 9.17) is 8.43 Å². The number of nitrogens with one attached hydrogen (secondary N) is 1. The van der Waals surface area contributed by atoms with Crippen LogP contribution in [0, 0.1) is 0 Å². The minimum Gasteiger partial charge on any atom is -0.375 e. The molecule has 1 unspecified atom stereocenters. The molecule has 0 aromatic heterocycles. The summed E-state index contributed by atoms with van der Waals surface area (Å²) in [6.07, 6.45) is 0. The second-order valence-corrected chi connectivity index (χ2v) is 24.7. The van der Waals surface area contributed by atoms with Crippen LogP contribution in [-0.4, -0.2) is 24.9 Å². The van der Waals surface area contributed by atoms with E-state index in [1.54, 1.807) is 0 Å². The molecule has 0 spiro atoms. The summed E-state index contributed by atoms with van der Waals surface area (Å²) in [6, 6.07) is 10.6. The lowest BCUT2D eigenvalue weighted by atomic mass is 10.2. The van der Waals surface area contributed by atoms with Gasteiger partial charge in [0.05, 0.1) is 5.78 Å². The van der Waals surface area contributed by atoms with Gasteiger partial charge in [-0.25, -0.2) is 0 Å². The number of hydrogen-bond acceptors (Lipinski definition) is 3. The normalized spacial score (nSPS) is 15.0. The van der Waals surface area contributed by atoms with E-state index in [9.17, 15) is 0 Å². The van der Waals surface area contributed by atoms with Crippen LogP contribution in [0.3, 0.4) is 0 Å². The van der Waals surface area contributed by atoms with E-state index in [1.807, 2.05) is 0 Å². The minimum atomic E-state index is -1.69. The molecule has 7 heteroatoms. The molecule has 0 aliphatic rings. The number of benzene rings is 1. The van der Waals surface area contributed by atoms with E-state index in [0.717, 1.165) is 0 Å². The fourth-order valence-corrected chi connectivity index (χ4v) is 10.6. The average molecular weight is 388 g/mol. The van der Waals surface area contributed by atoms with Gasteiger partial charge in [-0.05, 0) is 44.8 Å².